The second-order valence-corrected chi connectivity index (χ2v) is 7.84. The predicted octanol–water partition coefficient (Wildman–Crippen LogP) is 2.91. The number of hydrogen-bond donors (Lipinski definition) is 1. The number of ether oxygens (including phenoxy) is 1. The van der Waals surface area contributed by atoms with E-state index in [0.29, 0.717) is 22.8 Å². The molecule has 2 aromatic carbocycles. The summed E-state index contributed by atoms with van der Waals surface area (Å²) in [5.74, 6) is 0.295. The molecule has 0 saturated carbocycles. The van der Waals surface area contributed by atoms with E-state index in [1.165, 1.54) is 19.5 Å². The van der Waals surface area contributed by atoms with E-state index in [9.17, 15) is 8.42 Å². The number of rotatable bonds is 5. The van der Waals surface area contributed by atoms with Crippen LogP contribution in [-0.2, 0) is 10.0 Å². The first-order chi connectivity index (χ1) is 13.5. The van der Waals surface area contributed by atoms with Gasteiger partial charge < -0.3 is 4.74 Å². The predicted molar refractivity (Wildman–Crippen MR) is 105 cm³/mol. The lowest BCUT2D eigenvalue weighted by Crippen LogP contribution is -2.14. The lowest BCUT2D eigenvalue weighted by molar-refractivity contribution is 0.402. The van der Waals surface area contributed by atoms with Crippen LogP contribution < -0.4 is 9.46 Å². The highest BCUT2D eigenvalue weighted by Crippen LogP contribution is 2.28. The van der Waals surface area contributed by atoms with E-state index in [4.69, 9.17) is 4.74 Å². The maximum absolute atomic E-state index is 12.9. The summed E-state index contributed by atoms with van der Waals surface area (Å²) in [6.45, 7) is 1.87. The number of sulfonamides is 1. The zero-order valence-electron chi connectivity index (χ0n) is 15.2. The smallest absolute Gasteiger partial charge is 0.265 e. The minimum absolute atomic E-state index is 0.0787. The summed E-state index contributed by atoms with van der Waals surface area (Å²) in [6.07, 6.45) is 1.51. The van der Waals surface area contributed by atoms with Gasteiger partial charge in [0.25, 0.3) is 10.0 Å². The van der Waals surface area contributed by atoms with Crippen molar-refractivity contribution in [1.29, 1.82) is 0 Å². The number of fused-ring (bicyclic) bond motifs is 1. The Kier molecular flexibility index (Phi) is 4.44. The van der Waals surface area contributed by atoms with Crippen LogP contribution in [0, 0.1) is 6.92 Å². The highest BCUT2D eigenvalue weighted by molar-refractivity contribution is 7.92. The fourth-order valence-electron chi connectivity index (χ4n) is 2.83. The van der Waals surface area contributed by atoms with Crippen molar-refractivity contribution in [2.75, 3.05) is 11.8 Å². The van der Waals surface area contributed by atoms with Crippen LogP contribution in [0.2, 0.25) is 0 Å². The molecule has 4 aromatic rings. The molecule has 0 unspecified atom stereocenters. The number of nitrogens with one attached hydrogen (secondary N) is 1. The van der Waals surface area contributed by atoms with Crippen molar-refractivity contribution in [3.8, 4) is 17.0 Å². The second kappa shape index (κ2) is 6.93. The Morgan fingerprint density at radius 3 is 2.75 bits per heavy atom. The Morgan fingerprint density at radius 1 is 1.07 bits per heavy atom. The zero-order valence-corrected chi connectivity index (χ0v) is 16.0. The van der Waals surface area contributed by atoms with Crippen LogP contribution in [0.3, 0.4) is 0 Å². The second-order valence-electron chi connectivity index (χ2n) is 6.19. The van der Waals surface area contributed by atoms with Crippen LogP contribution in [0.5, 0.6) is 5.75 Å². The largest absolute Gasteiger partial charge is 0.495 e. The molecule has 0 aliphatic heterocycles. The van der Waals surface area contributed by atoms with Gasteiger partial charge in [0, 0.05) is 11.3 Å². The van der Waals surface area contributed by atoms with Crippen molar-refractivity contribution in [2.24, 2.45) is 0 Å². The average molecular weight is 395 g/mol. The minimum atomic E-state index is -3.82. The summed E-state index contributed by atoms with van der Waals surface area (Å²) < 4.78 is 35.1. The Morgan fingerprint density at radius 2 is 1.93 bits per heavy atom. The monoisotopic (exact) mass is 395 g/mol. The molecule has 0 atom stereocenters. The number of methoxy groups -OCH3 is 1. The third-order valence-corrected chi connectivity index (χ3v) is 5.60. The molecule has 4 rings (SSSR count). The Hall–Kier alpha value is -3.46. The number of hydrogen-bond acceptors (Lipinski definition) is 6. The van der Waals surface area contributed by atoms with Crippen LogP contribution in [0.15, 0.2) is 65.8 Å². The van der Waals surface area contributed by atoms with Crippen LogP contribution in [0.25, 0.3) is 16.9 Å². The third kappa shape index (κ3) is 3.39. The van der Waals surface area contributed by atoms with Crippen molar-refractivity contribution in [3.05, 3.63) is 66.5 Å². The summed E-state index contributed by atoms with van der Waals surface area (Å²) in [5.41, 5.74) is 3.39. The van der Waals surface area contributed by atoms with E-state index in [2.05, 4.69) is 20.0 Å². The normalized spacial score (nSPS) is 11.5. The first-order valence-corrected chi connectivity index (χ1v) is 9.89. The SMILES string of the molecule is COc1cc(C)ccc1S(=O)(=O)Nc1cccc(-c2ccc3nncn3n2)c1. The number of nitrogens with zero attached hydrogens (tertiary/aromatic N) is 4. The highest BCUT2D eigenvalue weighted by atomic mass is 32.2. The van der Waals surface area contributed by atoms with Crippen molar-refractivity contribution in [2.45, 2.75) is 11.8 Å². The molecule has 2 aromatic heterocycles. The molecule has 8 nitrogen and oxygen atoms in total. The zero-order chi connectivity index (χ0) is 19.7. The van der Waals surface area contributed by atoms with Gasteiger partial charge in [-0.2, -0.15) is 9.61 Å². The minimum Gasteiger partial charge on any atom is -0.495 e. The van der Waals surface area contributed by atoms with Gasteiger partial charge in [0.05, 0.1) is 12.8 Å². The number of aryl methyl sites for hydroxylation is 1. The van der Waals surface area contributed by atoms with Gasteiger partial charge in [-0.3, -0.25) is 4.72 Å². The van der Waals surface area contributed by atoms with Crippen LogP contribution in [0.1, 0.15) is 5.56 Å². The van der Waals surface area contributed by atoms with Gasteiger partial charge in [0.15, 0.2) is 5.65 Å². The van der Waals surface area contributed by atoms with Crippen molar-refractivity contribution >= 4 is 21.4 Å². The van der Waals surface area contributed by atoms with E-state index in [1.54, 1.807) is 47.0 Å². The summed E-state index contributed by atoms with van der Waals surface area (Å²) in [5, 5.41) is 12.2. The Labute approximate surface area is 161 Å². The molecule has 0 bridgehead atoms. The number of aromatic nitrogens is 4. The highest BCUT2D eigenvalue weighted by Gasteiger charge is 2.20. The van der Waals surface area contributed by atoms with Gasteiger partial charge >= 0.3 is 0 Å². The van der Waals surface area contributed by atoms with Crippen molar-refractivity contribution in [3.63, 3.8) is 0 Å². The molecule has 1 N–H and O–H groups in total. The fourth-order valence-corrected chi connectivity index (χ4v) is 4.03. The van der Waals surface area contributed by atoms with Crippen LogP contribution >= 0.6 is 0 Å². The quantitative estimate of drug-likeness (QED) is 0.558. The van der Waals surface area contributed by atoms with E-state index >= 15 is 0 Å². The van der Waals surface area contributed by atoms with E-state index < -0.39 is 10.0 Å². The Bertz CT molecular complexity index is 1270. The molecule has 9 heteroatoms. The third-order valence-electron chi connectivity index (χ3n) is 4.18. The lowest BCUT2D eigenvalue weighted by Gasteiger charge is -2.13. The van der Waals surface area contributed by atoms with E-state index in [1.807, 2.05) is 13.0 Å². The molecule has 142 valence electrons. The van der Waals surface area contributed by atoms with Gasteiger partial charge in [-0.05, 0) is 48.9 Å². The van der Waals surface area contributed by atoms with Gasteiger partial charge in [0.1, 0.15) is 17.0 Å². The molecule has 0 radical (unpaired) electrons. The van der Waals surface area contributed by atoms with Gasteiger partial charge in [0.2, 0.25) is 0 Å². The molecule has 0 amide bonds. The molecule has 0 saturated heterocycles. The Balaban J connectivity index is 1.68. The van der Waals surface area contributed by atoms with Crippen LogP contribution in [-0.4, -0.2) is 35.3 Å². The molecular formula is C19H17N5O3S. The van der Waals surface area contributed by atoms with Crippen molar-refractivity contribution in [1.82, 2.24) is 19.8 Å². The number of benzene rings is 2. The van der Waals surface area contributed by atoms with E-state index in [-0.39, 0.29) is 4.90 Å². The lowest BCUT2D eigenvalue weighted by atomic mass is 10.1. The van der Waals surface area contributed by atoms with E-state index in [0.717, 1.165) is 11.1 Å². The number of anilines is 1. The van der Waals surface area contributed by atoms with Gasteiger partial charge in [-0.25, -0.2) is 8.42 Å². The maximum atomic E-state index is 12.9. The first kappa shape index (κ1) is 17.9. The molecule has 28 heavy (non-hydrogen) atoms. The van der Waals surface area contributed by atoms with Gasteiger partial charge in [-0.15, -0.1) is 10.2 Å². The summed E-state index contributed by atoms with van der Waals surface area (Å²) >= 11 is 0. The topological polar surface area (TPSA) is 98.5 Å². The van der Waals surface area contributed by atoms with Crippen molar-refractivity contribution < 1.29 is 13.2 Å². The molecule has 0 aliphatic rings. The molecule has 0 spiro atoms. The van der Waals surface area contributed by atoms with Gasteiger partial charge in [-0.1, -0.05) is 18.2 Å². The standard InChI is InChI=1S/C19H17N5O3S/c1-13-6-8-18(17(10-13)27-2)28(25,26)23-15-5-3-4-14(11-15)16-7-9-19-21-20-12-24(19)22-16/h3-12,23H,1-2H3. The molecular weight excluding hydrogens is 378 g/mol. The maximum Gasteiger partial charge on any atom is 0.265 e. The summed E-state index contributed by atoms with van der Waals surface area (Å²) in [6, 6.07) is 15.6. The fraction of sp³-hybridized carbons (Fsp3) is 0.105. The summed E-state index contributed by atoms with van der Waals surface area (Å²) in [4.78, 5) is 0.0787. The van der Waals surface area contributed by atoms with Crippen LogP contribution in [0.4, 0.5) is 5.69 Å². The molecule has 2 heterocycles. The summed E-state index contributed by atoms with van der Waals surface area (Å²) in [7, 11) is -2.37. The first-order valence-electron chi connectivity index (χ1n) is 8.41. The molecule has 0 fully saturated rings. The molecule has 0 aliphatic carbocycles. The average Bonchev–Trinajstić information content (AvgIpc) is 3.15.